The summed E-state index contributed by atoms with van der Waals surface area (Å²) in [5.74, 6) is -0.00646. The molecule has 22 heavy (non-hydrogen) atoms. The van der Waals surface area contributed by atoms with Crippen LogP contribution in [0, 0.1) is 11.8 Å². The van der Waals surface area contributed by atoms with Crippen molar-refractivity contribution in [1.82, 2.24) is 10.2 Å². The lowest BCUT2D eigenvalue weighted by atomic mass is 9.96. The molecule has 0 spiro atoms. The molecule has 0 radical (unpaired) electrons. The summed E-state index contributed by atoms with van der Waals surface area (Å²) in [5.41, 5.74) is 1.16. The number of rotatable bonds is 6. The first-order valence-corrected chi connectivity index (χ1v) is 7.68. The Morgan fingerprint density at radius 3 is 2.64 bits per heavy atom. The number of nitrogens with zero attached hydrogens (tertiary/aromatic N) is 1. The Balaban J connectivity index is 1.91. The molecule has 5 heteroatoms. The molecular formula is C17H24N2O3. The largest absolute Gasteiger partial charge is 0.384 e. The van der Waals surface area contributed by atoms with Gasteiger partial charge < -0.3 is 15.0 Å². The third kappa shape index (κ3) is 4.07. The van der Waals surface area contributed by atoms with E-state index in [0.29, 0.717) is 26.1 Å². The van der Waals surface area contributed by atoms with Crippen molar-refractivity contribution in [3.8, 4) is 0 Å². The van der Waals surface area contributed by atoms with Crippen LogP contribution in [0.4, 0.5) is 0 Å². The standard InChI is InChI=1S/C17H24N2O3/c1-18-17(21)15-11-19(10-14(15)12-22-2)16(20)9-8-13-6-4-3-5-7-13/h3-7,14-15H,8-12H2,1-2H3,(H,18,21)/t14-,15+/m0/s1. The molecule has 120 valence electrons. The van der Waals surface area contributed by atoms with E-state index in [1.54, 1.807) is 19.1 Å². The molecule has 2 amide bonds. The second kappa shape index (κ2) is 7.94. The van der Waals surface area contributed by atoms with Gasteiger partial charge in [-0.1, -0.05) is 30.3 Å². The molecule has 1 aliphatic rings. The molecule has 2 atom stereocenters. The lowest BCUT2D eigenvalue weighted by molar-refractivity contribution is -0.130. The highest BCUT2D eigenvalue weighted by Gasteiger charge is 2.38. The van der Waals surface area contributed by atoms with E-state index in [4.69, 9.17) is 4.74 Å². The maximum absolute atomic E-state index is 12.4. The monoisotopic (exact) mass is 304 g/mol. The number of nitrogens with one attached hydrogen (secondary N) is 1. The van der Waals surface area contributed by atoms with Gasteiger partial charge in [0.15, 0.2) is 0 Å². The van der Waals surface area contributed by atoms with E-state index < -0.39 is 0 Å². The van der Waals surface area contributed by atoms with Crippen molar-refractivity contribution in [3.05, 3.63) is 35.9 Å². The predicted octanol–water partition coefficient (Wildman–Crippen LogP) is 1.09. The van der Waals surface area contributed by atoms with Crippen LogP contribution < -0.4 is 5.32 Å². The molecule has 1 fully saturated rings. The van der Waals surface area contributed by atoms with Gasteiger partial charge in [-0.05, 0) is 12.0 Å². The van der Waals surface area contributed by atoms with Gasteiger partial charge in [-0.2, -0.15) is 0 Å². The molecule has 1 saturated heterocycles. The van der Waals surface area contributed by atoms with Crippen LogP contribution >= 0.6 is 0 Å². The minimum absolute atomic E-state index is 0.0135. The molecule has 1 aromatic rings. The van der Waals surface area contributed by atoms with Crippen molar-refractivity contribution >= 4 is 11.8 Å². The summed E-state index contributed by atoms with van der Waals surface area (Å²) < 4.78 is 5.19. The number of hydrogen-bond donors (Lipinski definition) is 1. The molecule has 1 aromatic carbocycles. The summed E-state index contributed by atoms with van der Waals surface area (Å²) in [6.07, 6.45) is 1.21. The fourth-order valence-corrected chi connectivity index (χ4v) is 2.99. The Labute approximate surface area is 131 Å². The van der Waals surface area contributed by atoms with E-state index in [-0.39, 0.29) is 23.7 Å². The summed E-state index contributed by atoms with van der Waals surface area (Å²) in [6, 6.07) is 9.98. The molecule has 2 rings (SSSR count). The number of likely N-dealkylation sites (tertiary alicyclic amines) is 1. The van der Waals surface area contributed by atoms with E-state index >= 15 is 0 Å². The van der Waals surface area contributed by atoms with Crippen LogP contribution in [0.15, 0.2) is 30.3 Å². The predicted molar refractivity (Wildman–Crippen MR) is 84.3 cm³/mol. The van der Waals surface area contributed by atoms with Crippen molar-refractivity contribution in [2.75, 3.05) is 33.9 Å². The summed E-state index contributed by atoms with van der Waals surface area (Å²) in [4.78, 5) is 26.1. The van der Waals surface area contributed by atoms with E-state index in [2.05, 4.69) is 5.32 Å². The van der Waals surface area contributed by atoms with Crippen LogP contribution in [-0.2, 0) is 20.7 Å². The maximum Gasteiger partial charge on any atom is 0.225 e. The Kier molecular flexibility index (Phi) is 5.95. The van der Waals surface area contributed by atoms with E-state index in [1.165, 1.54) is 0 Å². The lowest BCUT2D eigenvalue weighted by Gasteiger charge is -2.16. The van der Waals surface area contributed by atoms with Crippen molar-refractivity contribution in [2.45, 2.75) is 12.8 Å². The Morgan fingerprint density at radius 2 is 2.00 bits per heavy atom. The van der Waals surface area contributed by atoms with E-state index in [0.717, 1.165) is 12.0 Å². The normalized spacial score (nSPS) is 20.9. The zero-order valence-corrected chi connectivity index (χ0v) is 13.2. The highest BCUT2D eigenvalue weighted by molar-refractivity contribution is 5.82. The quantitative estimate of drug-likeness (QED) is 0.856. The zero-order chi connectivity index (χ0) is 15.9. The molecule has 0 unspecified atom stereocenters. The molecule has 0 bridgehead atoms. The Bertz CT molecular complexity index is 504. The van der Waals surface area contributed by atoms with Crippen molar-refractivity contribution in [3.63, 3.8) is 0 Å². The number of amides is 2. The van der Waals surface area contributed by atoms with Crippen LogP contribution in [0.3, 0.4) is 0 Å². The summed E-state index contributed by atoms with van der Waals surface area (Å²) in [6.45, 7) is 1.58. The van der Waals surface area contributed by atoms with Gasteiger partial charge in [-0.25, -0.2) is 0 Å². The summed E-state index contributed by atoms with van der Waals surface area (Å²) in [5, 5.41) is 2.68. The SMILES string of the molecule is CNC(=O)[C@@H]1CN(C(=O)CCc2ccccc2)C[C@H]1COC. The Morgan fingerprint density at radius 1 is 1.27 bits per heavy atom. The molecule has 0 aliphatic carbocycles. The number of aryl methyl sites for hydroxylation is 1. The van der Waals surface area contributed by atoms with Crippen molar-refractivity contribution < 1.29 is 14.3 Å². The first-order valence-electron chi connectivity index (χ1n) is 7.68. The Hall–Kier alpha value is -1.88. The molecule has 0 saturated carbocycles. The highest BCUT2D eigenvalue weighted by atomic mass is 16.5. The van der Waals surface area contributed by atoms with Gasteiger partial charge in [-0.15, -0.1) is 0 Å². The van der Waals surface area contributed by atoms with Gasteiger partial charge in [0, 0.05) is 39.6 Å². The highest BCUT2D eigenvalue weighted by Crippen LogP contribution is 2.25. The zero-order valence-electron chi connectivity index (χ0n) is 13.2. The van der Waals surface area contributed by atoms with Crippen molar-refractivity contribution in [1.29, 1.82) is 0 Å². The van der Waals surface area contributed by atoms with E-state index in [1.807, 2.05) is 30.3 Å². The van der Waals surface area contributed by atoms with Gasteiger partial charge in [0.25, 0.3) is 0 Å². The average Bonchev–Trinajstić information content (AvgIpc) is 2.97. The summed E-state index contributed by atoms with van der Waals surface area (Å²) in [7, 11) is 3.26. The first kappa shape index (κ1) is 16.5. The van der Waals surface area contributed by atoms with Crippen LogP contribution in [0.1, 0.15) is 12.0 Å². The number of carbonyl (C=O) groups excluding carboxylic acids is 2. The van der Waals surface area contributed by atoms with Crippen LogP contribution in [0.25, 0.3) is 0 Å². The molecule has 0 aromatic heterocycles. The van der Waals surface area contributed by atoms with Gasteiger partial charge in [0.1, 0.15) is 0 Å². The third-order valence-electron chi connectivity index (χ3n) is 4.23. The molecular weight excluding hydrogens is 280 g/mol. The second-order valence-electron chi connectivity index (χ2n) is 5.72. The number of methoxy groups -OCH3 is 1. The van der Waals surface area contributed by atoms with Crippen LogP contribution in [0.2, 0.25) is 0 Å². The topological polar surface area (TPSA) is 58.6 Å². The number of carbonyl (C=O) groups is 2. The molecule has 1 N–H and O–H groups in total. The number of ether oxygens (including phenoxy) is 1. The lowest BCUT2D eigenvalue weighted by Crippen LogP contribution is -2.34. The molecule has 1 aliphatic heterocycles. The van der Waals surface area contributed by atoms with Crippen LogP contribution in [0.5, 0.6) is 0 Å². The van der Waals surface area contributed by atoms with E-state index in [9.17, 15) is 9.59 Å². The minimum atomic E-state index is -0.175. The fourth-order valence-electron chi connectivity index (χ4n) is 2.99. The average molecular weight is 304 g/mol. The second-order valence-corrected chi connectivity index (χ2v) is 5.72. The van der Waals surface area contributed by atoms with Gasteiger partial charge in [0.05, 0.1) is 12.5 Å². The number of hydrogen-bond acceptors (Lipinski definition) is 3. The first-order chi connectivity index (χ1) is 10.7. The maximum atomic E-state index is 12.4. The third-order valence-corrected chi connectivity index (χ3v) is 4.23. The molecule has 1 heterocycles. The van der Waals surface area contributed by atoms with Gasteiger partial charge in [0.2, 0.25) is 11.8 Å². The summed E-state index contributed by atoms with van der Waals surface area (Å²) >= 11 is 0. The minimum Gasteiger partial charge on any atom is -0.384 e. The van der Waals surface area contributed by atoms with Gasteiger partial charge >= 0.3 is 0 Å². The van der Waals surface area contributed by atoms with Gasteiger partial charge in [-0.3, -0.25) is 9.59 Å². The fraction of sp³-hybridized carbons (Fsp3) is 0.529. The number of benzene rings is 1. The van der Waals surface area contributed by atoms with Crippen LogP contribution in [-0.4, -0.2) is 50.6 Å². The molecule has 5 nitrogen and oxygen atoms in total. The smallest absolute Gasteiger partial charge is 0.225 e. The van der Waals surface area contributed by atoms with Crippen molar-refractivity contribution in [2.24, 2.45) is 11.8 Å².